The molecule has 7 N–H and O–H groups in total. The van der Waals surface area contributed by atoms with Crippen LogP contribution in [0, 0.1) is 0 Å². The van der Waals surface area contributed by atoms with Crippen molar-refractivity contribution in [2.45, 2.75) is 114 Å². The average molecular weight is 1060 g/mol. The Labute approximate surface area is 444 Å². The Morgan fingerprint density at radius 1 is 0.519 bits per heavy atom. The van der Waals surface area contributed by atoms with E-state index in [2.05, 4.69) is 26.6 Å². The molecule has 5 unspecified atom stereocenters. The highest BCUT2D eigenvalue weighted by Crippen LogP contribution is 2.32. The van der Waals surface area contributed by atoms with E-state index in [1.54, 1.807) is 127 Å². The van der Waals surface area contributed by atoms with E-state index in [4.69, 9.17) is 37.9 Å². The summed E-state index contributed by atoms with van der Waals surface area (Å²) in [5, 5.41) is 37.7. The summed E-state index contributed by atoms with van der Waals surface area (Å²) in [6.07, 6.45) is -14.2. The number of nitrogens with one attached hydrogen (secondary N) is 5. The van der Waals surface area contributed by atoms with Gasteiger partial charge in [-0.15, -0.1) is 0 Å². The van der Waals surface area contributed by atoms with Gasteiger partial charge in [0.05, 0.1) is 37.4 Å². The zero-order chi connectivity index (χ0) is 54.4. The summed E-state index contributed by atoms with van der Waals surface area (Å²) >= 11 is 0. The van der Waals surface area contributed by atoms with Crippen LogP contribution in [0.5, 0.6) is 0 Å². The van der Waals surface area contributed by atoms with Crippen molar-refractivity contribution in [1.82, 2.24) is 26.6 Å². The Morgan fingerprint density at radius 3 is 1.44 bits per heavy atom. The molecule has 5 aromatic rings. The van der Waals surface area contributed by atoms with E-state index in [0.29, 0.717) is 22.3 Å². The molecule has 408 valence electrons. The molecule has 1 saturated carbocycles. The van der Waals surface area contributed by atoms with E-state index in [0.717, 1.165) is 12.5 Å². The van der Waals surface area contributed by atoms with Crippen molar-refractivity contribution in [3.05, 3.63) is 179 Å². The summed E-state index contributed by atoms with van der Waals surface area (Å²) in [7, 11) is 0. The van der Waals surface area contributed by atoms with Gasteiger partial charge < -0.3 is 74.7 Å². The van der Waals surface area contributed by atoms with Crippen LogP contribution in [0.3, 0.4) is 0 Å². The van der Waals surface area contributed by atoms with Gasteiger partial charge in [-0.3, -0.25) is 9.59 Å². The third kappa shape index (κ3) is 18.0. The van der Waals surface area contributed by atoms with Crippen molar-refractivity contribution >= 4 is 36.2 Å². The first kappa shape index (κ1) is 56.6. The maximum Gasteiger partial charge on any atom is 0.407 e. The predicted molar refractivity (Wildman–Crippen MR) is 274 cm³/mol. The minimum Gasteiger partial charge on any atom is -0.451 e. The maximum absolute atomic E-state index is 14.3. The second-order valence-electron chi connectivity index (χ2n) is 18.1. The quantitative estimate of drug-likeness (QED) is 0.0353. The molecule has 0 aromatic heterocycles. The molecule has 7 rings (SSSR count). The van der Waals surface area contributed by atoms with Gasteiger partial charge in [0.2, 0.25) is 0 Å². The third-order valence-corrected chi connectivity index (χ3v) is 12.4. The van der Waals surface area contributed by atoms with Gasteiger partial charge in [0, 0.05) is 13.5 Å². The lowest BCUT2D eigenvalue weighted by molar-refractivity contribution is -0.269. The molecule has 0 bridgehead atoms. The number of hydrogen-bond acceptors (Lipinski definition) is 16. The van der Waals surface area contributed by atoms with E-state index < -0.39 is 104 Å². The van der Waals surface area contributed by atoms with Crippen LogP contribution in [-0.2, 0) is 80.5 Å². The number of carbonyl (C=O) groups excluding carboxylic acids is 6. The molecule has 1 aliphatic heterocycles. The number of aliphatic hydroxyl groups excluding tert-OH is 2. The molecule has 1 aliphatic carbocycles. The number of benzene rings is 5. The fourth-order valence-corrected chi connectivity index (χ4v) is 8.51. The molecule has 21 nitrogen and oxygen atoms in total. The monoisotopic (exact) mass is 1060 g/mol. The molecule has 0 spiro atoms. The molecule has 1 saturated heterocycles. The van der Waals surface area contributed by atoms with Gasteiger partial charge in [-0.05, 0) is 40.7 Å². The first-order valence-electron chi connectivity index (χ1n) is 25.0. The zero-order valence-electron chi connectivity index (χ0n) is 42.2. The van der Waals surface area contributed by atoms with Crippen molar-refractivity contribution in [3.8, 4) is 0 Å². The molecule has 21 heteroatoms. The lowest BCUT2D eigenvalue weighted by Gasteiger charge is -2.49. The number of ether oxygens (including phenoxy) is 8. The van der Waals surface area contributed by atoms with Crippen LogP contribution in [0.2, 0.25) is 0 Å². The van der Waals surface area contributed by atoms with Crippen LogP contribution >= 0.6 is 0 Å². The number of alkyl carbamates (subject to hydrolysis) is 4. The number of rotatable bonds is 22. The SMILES string of the molecule is CC(=O)O[C@@H](CNC(=O)OCc1ccccc1)C(=O)N[C@@H]1C(OCc2ccccc2)[C@H](NC(=O)OCc2ccccc2)C(O[C@@H]2OC(CNC(=O)OCc3ccccc3)CCC2NC(=O)OCc2ccccc2)C(O)[C@@H]1O. The topological polar surface area (TPSA) is 277 Å². The molecule has 10 atom stereocenters. The van der Waals surface area contributed by atoms with Gasteiger partial charge in [-0.2, -0.15) is 0 Å². The van der Waals surface area contributed by atoms with Crippen molar-refractivity contribution < 1.29 is 76.9 Å². The summed E-state index contributed by atoms with van der Waals surface area (Å²) in [6.45, 7) is -0.154. The molecule has 2 aliphatic rings. The van der Waals surface area contributed by atoms with Crippen LogP contribution in [0.25, 0.3) is 0 Å². The van der Waals surface area contributed by atoms with Crippen LogP contribution in [0.15, 0.2) is 152 Å². The lowest BCUT2D eigenvalue weighted by atomic mass is 9.80. The first-order valence-corrected chi connectivity index (χ1v) is 25.0. The molecule has 77 heavy (non-hydrogen) atoms. The standard InChI is InChI=1S/C56H63N5O16/c1-36(62)75-44(30-58-54(67)72-33-39-21-11-4-12-22-39)51(65)60-45-47(63)48(64)50(46(49(45)70-31-37-17-7-2-8-18-37)61-56(69)74-35-41-25-15-6-16-26-41)77-52-43(59-55(68)73-34-40-23-13-5-14-24-40)28-27-42(76-52)29-57-53(66)71-32-38-19-9-3-10-20-38/h2-26,42-50,52,63-64H,27-35H2,1H3,(H,57,66)(H,58,67)(H,59,68)(H,60,65)(H,61,69)/t42?,43?,44-,45-,46-,47+,48?,49?,50?,52-/m0/s1. The second kappa shape index (κ2) is 29.3. The summed E-state index contributed by atoms with van der Waals surface area (Å²) in [5.41, 5.74) is 3.44. The summed E-state index contributed by atoms with van der Waals surface area (Å²) in [6, 6.07) is 40.3. The number of aliphatic hydroxyl groups is 2. The van der Waals surface area contributed by atoms with E-state index >= 15 is 0 Å². The smallest absolute Gasteiger partial charge is 0.407 e. The molecule has 1 heterocycles. The fourth-order valence-electron chi connectivity index (χ4n) is 8.51. The number of amides is 5. The van der Waals surface area contributed by atoms with Crippen molar-refractivity contribution in [3.63, 3.8) is 0 Å². The highest BCUT2D eigenvalue weighted by molar-refractivity contribution is 5.84. The molecule has 0 radical (unpaired) electrons. The maximum atomic E-state index is 14.3. The van der Waals surface area contributed by atoms with E-state index in [1.807, 2.05) is 24.3 Å². The van der Waals surface area contributed by atoms with Gasteiger partial charge in [0.25, 0.3) is 5.91 Å². The Morgan fingerprint density at radius 2 is 0.961 bits per heavy atom. The lowest BCUT2D eigenvalue weighted by Crippen LogP contribution is -2.74. The number of carbonyl (C=O) groups is 6. The van der Waals surface area contributed by atoms with Crippen molar-refractivity contribution in [2.75, 3.05) is 13.1 Å². The Hall–Kier alpha value is -8.08. The van der Waals surface area contributed by atoms with Crippen LogP contribution in [0.1, 0.15) is 47.6 Å². The van der Waals surface area contributed by atoms with Gasteiger partial charge in [0.15, 0.2) is 12.4 Å². The van der Waals surface area contributed by atoms with Gasteiger partial charge >= 0.3 is 30.3 Å². The van der Waals surface area contributed by atoms with Crippen LogP contribution < -0.4 is 26.6 Å². The van der Waals surface area contributed by atoms with Crippen LogP contribution in [0.4, 0.5) is 19.2 Å². The molecular formula is C56H63N5O16. The molecule has 5 aromatic carbocycles. The Kier molecular flexibility index (Phi) is 21.5. The van der Waals surface area contributed by atoms with Gasteiger partial charge in [-0.1, -0.05) is 152 Å². The first-order chi connectivity index (χ1) is 37.4. The Balaban J connectivity index is 1.16. The Bertz CT molecular complexity index is 2640. The number of esters is 1. The highest BCUT2D eigenvalue weighted by Gasteiger charge is 2.54. The van der Waals surface area contributed by atoms with Gasteiger partial charge in [0.1, 0.15) is 50.8 Å². The highest BCUT2D eigenvalue weighted by atomic mass is 16.7. The molecular weight excluding hydrogens is 999 g/mol. The minimum atomic E-state index is -1.99. The summed E-state index contributed by atoms with van der Waals surface area (Å²) in [4.78, 5) is 79.7. The van der Waals surface area contributed by atoms with Crippen LogP contribution in [-0.4, -0.2) is 121 Å². The van der Waals surface area contributed by atoms with E-state index in [1.165, 1.54) is 0 Å². The van der Waals surface area contributed by atoms with E-state index in [-0.39, 0.29) is 52.4 Å². The summed E-state index contributed by atoms with van der Waals surface area (Å²) in [5.74, 6) is -1.93. The van der Waals surface area contributed by atoms with Gasteiger partial charge in [-0.25, -0.2) is 19.2 Å². The number of hydrogen-bond donors (Lipinski definition) is 7. The second-order valence-corrected chi connectivity index (χ2v) is 18.1. The normalized spacial score (nSPS) is 22.1. The molecule has 5 amide bonds. The zero-order valence-corrected chi connectivity index (χ0v) is 42.2. The summed E-state index contributed by atoms with van der Waals surface area (Å²) < 4.78 is 46.8. The molecule has 2 fully saturated rings. The largest absolute Gasteiger partial charge is 0.451 e. The minimum absolute atomic E-state index is 0.00513. The van der Waals surface area contributed by atoms with E-state index in [9.17, 15) is 39.0 Å². The average Bonchev–Trinajstić information content (AvgIpc) is 3.46. The third-order valence-electron chi connectivity index (χ3n) is 12.4. The predicted octanol–water partition coefficient (Wildman–Crippen LogP) is 5.06. The fraction of sp³-hybridized carbons (Fsp3) is 0.357. The van der Waals surface area contributed by atoms with Crippen molar-refractivity contribution in [1.29, 1.82) is 0 Å². The van der Waals surface area contributed by atoms with Crippen molar-refractivity contribution in [2.24, 2.45) is 0 Å².